The van der Waals surface area contributed by atoms with Crippen molar-refractivity contribution in [2.75, 3.05) is 20.1 Å². The summed E-state index contributed by atoms with van der Waals surface area (Å²) in [6.45, 7) is 4.89. The van der Waals surface area contributed by atoms with Gasteiger partial charge >= 0.3 is 5.97 Å². The SMILES string of the molecule is CCN(CC(=O)NC)Cc1cc(C(=O)O)c(C)o1. The van der Waals surface area contributed by atoms with Crippen molar-refractivity contribution < 1.29 is 19.1 Å². The first kappa shape index (κ1) is 14.2. The third kappa shape index (κ3) is 3.59. The number of hydrogen-bond donors (Lipinski definition) is 2. The van der Waals surface area contributed by atoms with E-state index in [2.05, 4.69) is 5.32 Å². The molecule has 0 saturated heterocycles. The molecule has 2 N–H and O–H groups in total. The molecule has 1 rings (SSSR count). The summed E-state index contributed by atoms with van der Waals surface area (Å²) in [5, 5.41) is 11.5. The van der Waals surface area contributed by atoms with E-state index in [1.165, 1.54) is 6.07 Å². The number of carboxylic acid groups (broad SMARTS) is 1. The van der Waals surface area contributed by atoms with Crippen molar-refractivity contribution in [2.45, 2.75) is 20.4 Å². The van der Waals surface area contributed by atoms with Gasteiger partial charge in [0, 0.05) is 7.05 Å². The molecule has 0 saturated carbocycles. The molecule has 0 radical (unpaired) electrons. The maximum atomic E-state index is 11.3. The van der Waals surface area contributed by atoms with Gasteiger partial charge in [-0.15, -0.1) is 0 Å². The van der Waals surface area contributed by atoms with Gasteiger partial charge in [-0.2, -0.15) is 0 Å². The number of carbonyl (C=O) groups excluding carboxylic acids is 1. The van der Waals surface area contributed by atoms with Gasteiger partial charge in [0.25, 0.3) is 0 Å². The van der Waals surface area contributed by atoms with Gasteiger partial charge in [-0.1, -0.05) is 6.92 Å². The van der Waals surface area contributed by atoms with E-state index >= 15 is 0 Å². The number of aryl methyl sites for hydroxylation is 1. The second-order valence-electron chi connectivity index (χ2n) is 3.96. The first-order valence-electron chi connectivity index (χ1n) is 5.73. The fraction of sp³-hybridized carbons (Fsp3) is 0.500. The summed E-state index contributed by atoms with van der Waals surface area (Å²) in [5.74, 6) is -0.153. The molecule has 18 heavy (non-hydrogen) atoms. The molecule has 1 aromatic heterocycles. The Morgan fingerprint density at radius 3 is 2.61 bits per heavy atom. The van der Waals surface area contributed by atoms with E-state index in [4.69, 9.17) is 9.52 Å². The minimum atomic E-state index is -1.00. The lowest BCUT2D eigenvalue weighted by Gasteiger charge is -2.17. The molecule has 0 bridgehead atoms. The average Bonchev–Trinajstić information content (AvgIpc) is 2.69. The number of likely N-dealkylation sites (N-methyl/N-ethyl adjacent to an activating group) is 2. The molecule has 1 heterocycles. The molecule has 0 aliphatic rings. The lowest BCUT2D eigenvalue weighted by atomic mass is 10.2. The minimum Gasteiger partial charge on any atom is -0.478 e. The number of carbonyl (C=O) groups is 2. The quantitative estimate of drug-likeness (QED) is 0.786. The van der Waals surface area contributed by atoms with Crippen LogP contribution in [0.5, 0.6) is 0 Å². The van der Waals surface area contributed by atoms with Gasteiger partial charge in [0.2, 0.25) is 5.91 Å². The summed E-state index contributed by atoms with van der Waals surface area (Å²) in [4.78, 5) is 24.0. The van der Waals surface area contributed by atoms with Gasteiger partial charge in [-0.05, 0) is 19.5 Å². The molecule has 0 aliphatic heterocycles. The predicted molar refractivity (Wildman–Crippen MR) is 65.4 cm³/mol. The fourth-order valence-electron chi connectivity index (χ4n) is 1.62. The van der Waals surface area contributed by atoms with Crippen LogP contribution >= 0.6 is 0 Å². The zero-order valence-electron chi connectivity index (χ0n) is 10.8. The molecule has 0 atom stereocenters. The molecule has 1 amide bonds. The second kappa shape index (κ2) is 6.20. The number of nitrogens with zero attached hydrogens (tertiary/aromatic N) is 1. The van der Waals surface area contributed by atoms with E-state index in [9.17, 15) is 9.59 Å². The summed E-state index contributed by atoms with van der Waals surface area (Å²) < 4.78 is 5.37. The van der Waals surface area contributed by atoms with Crippen molar-refractivity contribution in [2.24, 2.45) is 0 Å². The molecule has 6 nitrogen and oxygen atoms in total. The number of aromatic carboxylic acids is 1. The molecule has 0 aliphatic carbocycles. The standard InChI is InChI=1S/C12H18N2O4/c1-4-14(7-11(15)13-3)6-9-5-10(12(16)17)8(2)18-9/h5H,4,6-7H2,1-3H3,(H,13,15)(H,16,17). The number of nitrogens with one attached hydrogen (secondary N) is 1. The van der Waals surface area contributed by atoms with E-state index in [0.29, 0.717) is 24.6 Å². The maximum absolute atomic E-state index is 11.3. The molecular weight excluding hydrogens is 236 g/mol. The fourth-order valence-corrected chi connectivity index (χ4v) is 1.62. The Morgan fingerprint density at radius 2 is 2.17 bits per heavy atom. The first-order chi connectivity index (χ1) is 8.47. The molecular formula is C12H18N2O4. The Balaban J connectivity index is 2.73. The van der Waals surface area contributed by atoms with Crippen molar-refractivity contribution in [3.8, 4) is 0 Å². The van der Waals surface area contributed by atoms with Crippen molar-refractivity contribution in [1.82, 2.24) is 10.2 Å². The van der Waals surface area contributed by atoms with Gasteiger partial charge in [0.05, 0.1) is 13.1 Å². The predicted octanol–water partition coefficient (Wildman–Crippen LogP) is 0.854. The summed E-state index contributed by atoms with van der Waals surface area (Å²) in [6.07, 6.45) is 0. The van der Waals surface area contributed by atoms with Gasteiger partial charge in [-0.25, -0.2) is 4.79 Å². The van der Waals surface area contributed by atoms with Crippen LogP contribution in [0, 0.1) is 6.92 Å². The van der Waals surface area contributed by atoms with E-state index in [1.54, 1.807) is 14.0 Å². The third-order valence-electron chi connectivity index (χ3n) is 2.67. The van der Waals surface area contributed by atoms with E-state index in [-0.39, 0.29) is 18.0 Å². The van der Waals surface area contributed by atoms with Crippen LogP contribution in [0.2, 0.25) is 0 Å². The van der Waals surface area contributed by atoms with Crippen LogP contribution in [-0.4, -0.2) is 42.0 Å². The maximum Gasteiger partial charge on any atom is 0.339 e. The Morgan fingerprint density at radius 1 is 1.50 bits per heavy atom. The Bertz CT molecular complexity index is 439. The number of rotatable bonds is 6. The number of furan rings is 1. The van der Waals surface area contributed by atoms with Crippen LogP contribution < -0.4 is 5.32 Å². The van der Waals surface area contributed by atoms with Crippen molar-refractivity contribution in [1.29, 1.82) is 0 Å². The summed E-state index contributed by atoms with van der Waals surface area (Å²) >= 11 is 0. The molecule has 0 aromatic carbocycles. The second-order valence-corrected chi connectivity index (χ2v) is 3.96. The first-order valence-corrected chi connectivity index (χ1v) is 5.73. The molecule has 0 fully saturated rings. The monoisotopic (exact) mass is 254 g/mol. The molecule has 0 spiro atoms. The number of hydrogen-bond acceptors (Lipinski definition) is 4. The zero-order valence-corrected chi connectivity index (χ0v) is 10.8. The van der Waals surface area contributed by atoms with E-state index in [1.807, 2.05) is 11.8 Å². The topological polar surface area (TPSA) is 82.8 Å². The van der Waals surface area contributed by atoms with Crippen molar-refractivity contribution >= 4 is 11.9 Å². The van der Waals surface area contributed by atoms with Crippen LogP contribution in [0.3, 0.4) is 0 Å². The summed E-state index contributed by atoms with van der Waals surface area (Å²) in [6, 6.07) is 1.50. The number of carboxylic acids is 1. The zero-order chi connectivity index (χ0) is 13.7. The lowest BCUT2D eigenvalue weighted by Crippen LogP contribution is -2.35. The molecule has 100 valence electrons. The van der Waals surface area contributed by atoms with Crippen LogP contribution in [0.15, 0.2) is 10.5 Å². The Hall–Kier alpha value is -1.82. The summed E-state index contributed by atoms with van der Waals surface area (Å²) in [7, 11) is 1.58. The normalized spacial score (nSPS) is 10.7. The lowest BCUT2D eigenvalue weighted by molar-refractivity contribution is -0.121. The van der Waals surface area contributed by atoms with Crippen LogP contribution in [0.4, 0.5) is 0 Å². The molecule has 6 heteroatoms. The van der Waals surface area contributed by atoms with Crippen LogP contribution in [-0.2, 0) is 11.3 Å². The van der Waals surface area contributed by atoms with Gasteiger partial charge < -0.3 is 14.8 Å². The molecule has 1 aromatic rings. The minimum absolute atomic E-state index is 0.0846. The van der Waals surface area contributed by atoms with Crippen molar-refractivity contribution in [3.63, 3.8) is 0 Å². The van der Waals surface area contributed by atoms with Crippen LogP contribution in [0.25, 0.3) is 0 Å². The highest BCUT2D eigenvalue weighted by atomic mass is 16.4. The summed E-state index contributed by atoms with van der Waals surface area (Å²) in [5.41, 5.74) is 0.168. The third-order valence-corrected chi connectivity index (χ3v) is 2.67. The number of amides is 1. The van der Waals surface area contributed by atoms with Gasteiger partial charge in [0.1, 0.15) is 17.1 Å². The highest BCUT2D eigenvalue weighted by Crippen LogP contribution is 2.16. The highest BCUT2D eigenvalue weighted by Gasteiger charge is 2.16. The van der Waals surface area contributed by atoms with E-state index in [0.717, 1.165) is 0 Å². The largest absolute Gasteiger partial charge is 0.478 e. The highest BCUT2D eigenvalue weighted by molar-refractivity contribution is 5.88. The average molecular weight is 254 g/mol. The van der Waals surface area contributed by atoms with E-state index < -0.39 is 5.97 Å². The smallest absolute Gasteiger partial charge is 0.339 e. The van der Waals surface area contributed by atoms with Crippen LogP contribution in [0.1, 0.15) is 28.8 Å². The Labute approximate surface area is 106 Å². The molecule has 0 unspecified atom stereocenters. The van der Waals surface area contributed by atoms with Gasteiger partial charge in [0.15, 0.2) is 0 Å². The van der Waals surface area contributed by atoms with Crippen molar-refractivity contribution in [3.05, 3.63) is 23.2 Å². The van der Waals surface area contributed by atoms with Gasteiger partial charge in [-0.3, -0.25) is 9.69 Å². The Kier molecular flexibility index (Phi) is 4.91.